The van der Waals surface area contributed by atoms with E-state index < -0.39 is 15.6 Å². The fraction of sp³-hybridized carbons (Fsp3) is 0.571. The molecule has 1 unspecified atom stereocenters. The third kappa shape index (κ3) is 2.31. The molecule has 0 saturated heterocycles. The van der Waals surface area contributed by atoms with E-state index in [0.29, 0.717) is 6.54 Å². The molecular weight excluding hydrogens is 208 g/mol. The van der Waals surface area contributed by atoms with Crippen LogP contribution in [-0.2, 0) is 16.7 Å². The Balaban J connectivity index is 3.01. The molecule has 0 bridgehead atoms. The van der Waals surface area contributed by atoms with Crippen LogP contribution in [0.2, 0.25) is 0 Å². The van der Waals surface area contributed by atoms with Gasteiger partial charge in [-0.3, -0.25) is 4.55 Å². The maximum absolute atomic E-state index is 10.7. The van der Waals surface area contributed by atoms with Crippen molar-refractivity contribution in [1.82, 2.24) is 9.55 Å². The number of rotatable bonds is 4. The molecule has 7 heteroatoms. The number of aromatic nitrogens is 2. The van der Waals surface area contributed by atoms with Crippen LogP contribution in [0.1, 0.15) is 24.5 Å². The van der Waals surface area contributed by atoms with Crippen molar-refractivity contribution < 1.29 is 18.1 Å². The van der Waals surface area contributed by atoms with E-state index in [-0.39, 0.29) is 5.69 Å². The third-order valence-corrected chi connectivity index (χ3v) is 2.55. The predicted octanol–water partition coefficient (Wildman–Crippen LogP) is 0.172. The van der Waals surface area contributed by atoms with Gasteiger partial charge >= 0.3 is 0 Å². The van der Waals surface area contributed by atoms with Crippen LogP contribution in [0.4, 0.5) is 0 Å². The zero-order valence-corrected chi connectivity index (χ0v) is 8.48. The fourth-order valence-electron chi connectivity index (χ4n) is 1.12. The first-order chi connectivity index (χ1) is 6.46. The zero-order chi connectivity index (χ0) is 10.8. The molecule has 1 atom stereocenters. The minimum atomic E-state index is -4.47. The topological polar surface area (TPSA) is 92.4 Å². The Hall–Kier alpha value is -0.920. The van der Waals surface area contributed by atoms with E-state index in [9.17, 15) is 13.5 Å². The second-order valence-electron chi connectivity index (χ2n) is 2.88. The van der Waals surface area contributed by atoms with Gasteiger partial charge in [-0.1, -0.05) is 6.92 Å². The van der Waals surface area contributed by atoms with Gasteiger partial charge in [0.2, 0.25) is 5.44 Å². The average Bonchev–Trinajstić information content (AvgIpc) is 2.50. The minimum absolute atomic E-state index is 0.0781. The van der Waals surface area contributed by atoms with Crippen molar-refractivity contribution in [3.8, 4) is 0 Å². The third-order valence-electron chi connectivity index (χ3n) is 1.74. The van der Waals surface area contributed by atoms with Crippen molar-refractivity contribution in [2.45, 2.75) is 25.3 Å². The minimum Gasteiger partial charge on any atom is -0.370 e. The van der Waals surface area contributed by atoms with Crippen LogP contribution < -0.4 is 0 Å². The molecule has 1 heterocycles. The van der Waals surface area contributed by atoms with Gasteiger partial charge in [0.25, 0.3) is 10.1 Å². The molecule has 2 N–H and O–H groups in total. The maximum atomic E-state index is 10.7. The monoisotopic (exact) mass is 220 g/mol. The van der Waals surface area contributed by atoms with E-state index in [2.05, 4.69) is 4.98 Å². The van der Waals surface area contributed by atoms with E-state index in [1.54, 1.807) is 0 Å². The van der Waals surface area contributed by atoms with Gasteiger partial charge in [-0.25, -0.2) is 4.98 Å². The lowest BCUT2D eigenvalue weighted by Crippen LogP contribution is -2.15. The van der Waals surface area contributed by atoms with Crippen molar-refractivity contribution >= 4 is 10.1 Å². The molecule has 0 aliphatic heterocycles. The highest BCUT2D eigenvalue weighted by Gasteiger charge is 2.24. The summed E-state index contributed by atoms with van der Waals surface area (Å²) in [5, 5.41) is 9.25. The molecule has 0 aliphatic rings. The van der Waals surface area contributed by atoms with E-state index in [4.69, 9.17) is 4.55 Å². The van der Waals surface area contributed by atoms with Crippen LogP contribution in [0.5, 0.6) is 0 Å². The van der Waals surface area contributed by atoms with Gasteiger partial charge in [0.05, 0.1) is 18.2 Å². The van der Waals surface area contributed by atoms with Crippen LogP contribution >= 0.6 is 0 Å². The van der Waals surface area contributed by atoms with E-state index in [0.717, 1.165) is 6.42 Å². The van der Waals surface area contributed by atoms with Crippen LogP contribution in [0, 0.1) is 0 Å². The molecule has 0 aliphatic carbocycles. The molecule has 1 aromatic heterocycles. The van der Waals surface area contributed by atoms with Crippen LogP contribution in [-0.4, -0.2) is 27.6 Å². The second kappa shape index (κ2) is 4.07. The van der Waals surface area contributed by atoms with Crippen molar-refractivity contribution in [3.05, 3.63) is 18.2 Å². The van der Waals surface area contributed by atoms with Crippen molar-refractivity contribution in [3.63, 3.8) is 0 Å². The SMILES string of the molecule is CCCn1cncc1C(O)S(=O)(=O)O. The highest BCUT2D eigenvalue weighted by molar-refractivity contribution is 7.85. The summed E-state index contributed by atoms with van der Waals surface area (Å²) >= 11 is 0. The van der Waals surface area contributed by atoms with Crippen LogP contribution in [0.25, 0.3) is 0 Å². The maximum Gasteiger partial charge on any atom is 0.298 e. The van der Waals surface area contributed by atoms with Gasteiger partial charge < -0.3 is 9.67 Å². The zero-order valence-electron chi connectivity index (χ0n) is 7.66. The Morgan fingerprint density at radius 1 is 1.64 bits per heavy atom. The van der Waals surface area contributed by atoms with Gasteiger partial charge in [0.15, 0.2) is 0 Å². The highest BCUT2D eigenvalue weighted by atomic mass is 32.2. The first-order valence-electron chi connectivity index (χ1n) is 4.11. The number of hydrogen-bond acceptors (Lipinski definition) is 4. The van der Waals surface area contributed by atoms with Gasteiger partial charge in [-0.2, -0.15) is 8.42 Å². The first kappa shape index (κ1) is 11.2. The molecule has 0 radical (unpaired) electrons. The summed E-state index contributed by atoms with van der Waals surface area (Å²) in [4.78, 5) is 3.70. The van der Waals surface area contributed by atoms with E-state index in [1.165, 1.54) is 17.1 Å². The van der Waals surface area contributed by atoms with E-state index in [1.807, 2.05) is 6.92 Å². The van der Waals surface area contributed by atoms with Gasteiger partial charge in [0, 0.05) is 6.54 Å². The summed E-state index contributed by atoms with van der Waals surface area (Å²) in [7, 11) is -4.47. The van der Waals surface area contributed by atoms with Crippen molar-refractivity contribution in [2.75, 3.05) is 0 Å². The van der Waals surface area contributed by atoms with Crippen LogP contribution in [0.15, 0.2) is 12.5 Å². The fourth-order valence-corrected chi connectivity index (χ4v) is 1.62. The molecule has 80 valence electrons. The molecule has 0 aromatic carbocycles. The molecule has 14 heavy (non-hydrogen) atoms. The molecule has 1 aromatic rings. The molecule has 0 spiro atoms. The molecular formula is C7H12N2O4S. The van der Waals surface area contributed by atoms with Gasteiger partial charge in [-0.15, -0.1) is 0 Å². The highest BCUT2D eigenvalue weighted by Crippen LogP contribution is 2.17. The number of aliphatic hydroxyl groups is 1. The van der Waals surface area contributed by atoms with Crippen molar-refractivity contribution in [2.24, 2.45) is 0 Å². The summed E-state index contributed by atoms with van der Waals surface area (Å²) < 4.78 is 31.4. The van der Waals surface area contributed by atoms with Crippen molar-refractivity contribution in [1.29, 1.82) is 0 Å². The number of nitrogens with zero attached hydrogens (tertiary/aromatic N) is 2. The average molecular weight is 220 g/mol. The predicted molar refractivity (Wildman–Crippen MR) is 49.0 cm³/mol. The lowest BCUT2D eigenvalue weighted by Gasteiger charge is -2.09. The number of imidazole rings is 1. The molecule has 0 amide bonds. The Bertz CT molecular complexity index is 398. The molecule has 0 fully saturated rings. The summed E-state index contributed by atoms with van der Waals surface area (Å²) in [6.45, 7) is 2.45. The number of aliphatic hydroxyl groups excluding tert-OH is 1. The quantitative estimate of drug-likeness (QED) is 0.706. The van der Waals surface area contributed by atoms with Crippen LogP contribution in [0.3, 0.4) is 0 Å². The van der Waals surface area contributed by atoms with Gasteiger partial charge in [0.1, 0.15) is 0 Å². The second-order valence-corrected chi connectivity index (χ2v) is 4.36. The summed E-state index contributed by atoms with van der Waals surface area (Å²) in [5.41, 5.74) is -1.84. The Morgan fingerprint density at radius 2 is 2.29 bits per heavy atom. The molecule has 1 rings (SSSR count). The lowest BCUT2D eigenvalue weighted by molar-refractivity contribution is 0.228. The summed E-state index contributed by atoms with van der Waals surface area (Å²) in [5.74, 6) is 0. The molecule has 6 nitrogen and oxygen atoms in total. The summed E-state index contributed by atoms with van der Waals surface area (Å²) in [6.07, 6.45) is 3.41. The Morgan fingerprint density at radius 3 is 2.79 bits per heavy atom. The largest absolute Gasteiger partial charge is 0.370 e. The Labute approximate surface area is 82.0 Å². The van der Waals surface area contributed by atoms with Gasteiger partial charge in [-0.05, 0) is 6.42 Å². The standard InChI is InChI=1S/C7H12N2O4S/c1-2-3-9-5-8-4-6(9)7(10)14(11,12)13/h4-5,7,10H,2-3H2,1H3,(H,11,12,13). The van der Waals surface area contributed by atoms with E-state index >= 15 is 0 Å². The summed E-state index contributed by atoms with van der Waals surface area (Å²) in [6, 6.07) is 0. The normalized spacial score (nSPS) is 14.2. The number of hydrogen-bond donors (Lipinski definition) is 2. The smallest absolute Gasteiger partial charge is 0.298 e. The first-order valence-corrected chi connectivity index (χ1v) is 5.61. The number of aryl methyl sites for hydroxylation is 1. The Kier molecular flexibility index (Phi) is 3.25. The molecule has 0 saturated carbocycles. The lowest BCUT2D eigenvalue weighted by atomic mass is 10.4.